The second-order valence-electron chi connectivity index (χ2n) is 7.17. The predicted molar refractivity (Wildman–Crippen MR) is 103 cm³/mol. The number of aromatic nitrogens is 2. The van der Waals surface area contributed by atoms with E-state index in [4.69, 9.17) is 10.2 Å². The molecule has 3 N–H and O–H groups in total. The summed E-state index contributed by atoms with van der Waals surface area (Å²) in [5.41, 5.74) is 3.70. The van der Waals surface area contributed by atoms with Gasteiger partial charge in [0.05, 0.1) is 35.7 Å². The van der Waals surface area contributed by atoms with Gasteiger partial charge in [0.25, 0.3) is 0 Å². The zero-order valence-corrected chi connectivity index (χ0v) is 15.6. The standard InChI is InChI=1S/C21H25FN2O4/c22-14-6-8-15(9-7-14)24-20(18-4-2-1-3-5-19(18)23-24)11-10-16(25)12-17(26)13-21(27)28/h6-11,16-17,25-26H,1-5,12-13H2,(H,27,28)/b11-10+/t16-,17-/m1/s1. The molecule has 6 nitrogen and oxygen atoms in total. The lowest BCUT2D eigenvalue weighted by atomic mass is 10.1. The van der Waals surface area contributed by atoms with Gasteiger partial charge in [-0.3, -0.25) is 4.79 Å². The molecule has 0 spiro atoms. The zero-order valence-electron chi connectivity index (χ0n) is 15.6. The first-order valence-electron chi connectivity index (χ1n) is 9.57. The Labute approximate surface area is 162 Å². The Hall–Kier alpha value is -2.51. The molecule has 7 heteroatoms. The van der Waals surface area contributed by atoms with Gasteiger partial charge in [-0.1, -0.05) is 12.5 Å². The lowest BCUT2D eigenvalue weighted by Gasteiger charge is -2.11. The van der Waals surface area contributed by atoms with Crippen LogP contribution >= 0.6 is 0 Å². The summed E-state index contributed by atoms with van der Waals surface area (Å²) in [6.45, 7) is 0. The van der Waals surface area contributed by atoms with Gasteiger partial charge in [-0.25, -0.2) is 9.07 Å². The molecule has 1 aromatic carbocycles. The van der Waals surface area contributed by atoms with E-state index in [2.05, 4.69) is 0 Å². The monoisotopic (exact) mass is 388 g/mol. The Kier molecular flexibility index (Phi) is 6.59. The summed E-state index contributed by atoms with van der Waals surface area (Å²) in [5, 5.41) is 33.3. The predicted octanol–water partition coefficient (Wildman–Crippen LogP) is 2.88. The fourth-order valence-electron chi connectivity index (χ4n) is 3.55. The van der Waals surface area contributed by atoms with E-state index in [1.165, 1.54) is 12.1 Å². The van der Waals surface area contributed by atoms with E-state index in [1.807, 2.05) is 0 Å². The first-order chi connectivity index (χ1) is 13.4. The molecule has 1 aliphatic rings. The first-order valence-corrected chi connectivity index (χ1v) is 9.57. The van der Waals surface area contributed by atoms with Crippen LogP contribution in [-0.2, 0) is 17.6 Å². The number of fused-ring (bicyclic) bond motifs is 1. The van der Waals surface area contributed by atoms with Gasteiger partial charge in [-0.2, -0.15) is 5.10 Å². The molecule has 0 fully saturated rings. The second kappa shape index (κ2) is 9.12. The topological polar surface area (TPSA) is 95.6 Å². The Morgan fingerprint density at radius 2 is 1.89 bits per heavy atom. The highest BCUT2D eigenvalue weighted by Gasteiger charge is 2.20. The molecule has 1 aliphatic carbocycles. The van der Waals surface area contributed by atoms with Crippen molar-refractivity contribution in [3.05, 3.63) is 53.1 Å². The van der Waals surface area contributed by atoms with Crippen molar-refractivity contribution in [2.75, 3.05) is 0 Å². The van der Waals surface area contributed by atoms with E-state index >= 15 is 0 Å². The number of aliphatic carboxylic acids is 1. The van der Waals surface area contributed by atoms with Gasteiger partial charge in [-0.05, 0) is 56.0 Å². The van der Waals surface area contributed by atoms with E-state index in [9.17, 15) is 19.4 Å². The van der Waals surface area contributed by atoms with Gasteiger partial charge < -0.3 is 15.3 Å². The number of rotatable bonds is 7. The van der Waals surface area contributed by atoms with Crippen molar-refractivity contribution in [3.63, 3.8) is 0 Å². The van der Waals surface area contributed by atoms with E-state index in [0.717, 1.165) is 54.7 Å². The van der Waals surface area contributed by atoms with E-state index in [-0.39, 0.29) is 12.2 Å². The molecule has 0 amide bonds. The second-order valence-corrected chi connectivity index (χ2v) is 7.17. The maximum absolute atomic E-state index is 13.3. The number of hydrogen-bond donors (Lipinski definition) is 3. The number of carboxylic acids is 1. The number of aliphatic hydroxyl groups is 2. The van der Waals surface area contributed by atoms with Gasteiger partial charge in [0.15, 0.2) is 0 Å². The molecule has 0 radical (unpaired) electrons. The van der Waals surface area contributed by atoms with E-state index in [1.54, 1.807) is 29.0 Å². The maximum atomic E-state index is 13.3. The number of benzene rings is 1. The molecule has 0 aliphatic heterocycles. The molecule has 2 atom stereocenters. The van der Waals surface area contributed by atoms with Crippen LogP contribution in [0.25, 0.3) is 11.8 Å². The third-order valence-electron chi connectivity index (χ3n) is 4.92. The van der Waals surface area contributed by atoms with Gasteiger partial charge in [-0.15, -0.1) is 0 Å². The number of carboxylic acid groups (broad SMARTS) is 1. The quantitative estimate of drug-likeness (QED) is 0.634. The number of aliphatic hydroxyl groups excluding tert-OH is 2. The summed E-state index contributed by atoms with van der Waals surface area (Å²) in [7, 11) is 0. The molecule has 2 aromatic rings. The summed E-state index contributed by atoms with van der Waals surface area (Å²) < 4.78 is 15.1. The van der Waals surface area contributed by atoms with Gasteiger partial charge in [0.2, 0.25) is 0 Å². The van der Waals surface area contributed by atoms with Gasteiger partial charge in [0, 0.05) is 12.0 Å². The third-order valence-corrected chi connectivity index (χ3v) is 4.92. The number of carbonyl (C=O) groups is 1. The van der Waals surface area contributed by atoms with Crippen molar-refractivity contribution in [2.24, 2.45) is 0 Å². The fraction of sp³-hybridized carbons (Fsp3) is 0.429. The van der Waals surface area contributed by atoms with Crippen LogP contribution in [0.4, 0.5) is 4.39 Å². The minimum atomic E-state index is -1.11. The van der Waals surface area contributed by atoms with Crippen molar-refractivity contribution < 1.29 is 24.5 Å². The van der Waals surface area contributed by atoms with Crippen LogP contribution in [0.2, 0.25) is 0 Å². The number of halogens is 1. The number of nitrogens with zero attached hydrogens (tertiary/aromatic N) is 2. The van der Waals surface area contributed by atoms with Crippen molar-refractivity contribution in [2.45, 2.75) is 57.2 Å². The molecule has 28 heavy (non-hydrogen) atoms. The molecule has 0 bridgehead atoms. The largest absolute Gasteiger partial charge is 0.481 e. The molecular formula is C21H25FN2O4. The molecule has 1 heterocycles. The average molecular weight is 388 g/mol. The summed E-state index contributed by atoms with van der Waals surface area (Å²) in [6.07, 6.45) is 5.78. The van der Waals surface area contributed by atoms with E-state index < -0.39 is 24.6 Å². The molecule has 150 valence electrons. The smallest absolute Gasteiger partial charge is 0.305 e. The minimum Gasteiger partial charge on any atom is -0.481 e. The highest BCUT2D eigenvalue weighted by atomic mass is 19.1. The highest BCUT2D eigenvalue weighted by molar-refractivity contribution is 5.67. The van der Waals surface area contributed by atoms with Crippen LogP contribution < -0.4 is 0 Å². The van der Waals surface area contributed by atoms with E-state index in [0.29, 0.717) is 0 Å². The Morgan fingerprint density at radius 1 is 1.18 bits per heavy atom. The Bertz CT molecular complexity index is 845. The first kappa shape index (κ1) is 20.2. The molecule has 0 unspecified atom stereocenters. The van der Waals surface area contributed by atoms with Crippen LogP contribution in [0.1, 0.15) is 49.1 Å². The SMILES string of the molecule is O=C(O)C[C@H](O)C[C@H](O)/C=C/c1c2c(nn1-c1ccc(F)cc1)CCCCC2. The van der Waals surface area contributed by atoms with Crippen LogP contribution in [0.3, 0.4) is 0 Å². The molecule has 0 saturated carbocycles. The molecule has 1 aromatic heterocycles. The van der Waals surface area contributed by atoms with Crippen molar-refractivity contribution >= 4 is 12.0 Å². The molecular weight excluding hydrogens is 363 g/mol. The van der Waals surface area contributed by atoms with Crippen LogP contribution in [0.5, 0.6) is 0 Å². The Morgan fingerprint density at radius 3 is 2.61 bits per heavy atom. The number of aryl methyl sites for hydroxylation is 1. The average Bonchev–Trinajstić information content (AvgIpc) is 2.81. The van der Waals surface area contributed by atoms with Crippen molar-refractivity contribution in [3.8, 4) is 5.69 Å². The van der Waals surface area contributed by atoms with Crippen LogP contribution in [0.15, 0.2) is 30.3 Å². The highest BCUT2D eigenvalue weighted by Crippen LogP contribution is 2.27. The fourth-order valence-corrected chi connectivity index (χ4v) is 3.55. The summed E-state index contributed by atoms with van der Waals surface area (Å²) in [6, 6.07) is 6.08. The van der Waals surface area contributed by atoms with Gasteiger partial charge >= 0.3 is 5.97 Å². The normalized spacial score (nSPS) is 16.5. The zero-order chi connectivity index (χ0) is 20.1. The maximum Gasteiger partial charge on any atom is 0.305 e. The summed E-state index contributed by atoms with van der Waals surface area (Å²) in [4.78, 5) is 10.7. The summed E-state index contributed by atoms with van der Waals surface area (Å²) >= 11 is 0. The lowest BCUT2D eigenvalue weighted by Crippen LogP contribution is -2.19. The van der Waals surface area contributed by atoms with Crippen LogP contribution in [-0.4, -0.2) is 43.3 Å². The minimum absolute atomic E-state index is 0.0598. The van der Waals surface area contributed by atoms with Crippen LogP contribution in [0, 0.1) is 5.82 Å². The third kappa shape index (κ3) is 5.05. The van der Waals surface area contributed by atoms with Crippen molar-refractivity contribution in [1.82, 2.24) is 9.78 Å². The lowest BCUT2D eigenvalue weighted by molar-refractivity contribution is -0.139. The molecule has 3 rings (SSSR count). The number of hydrogen-bond acceptors (Lipinski definition) is 4. The molecule has 0 saturated heterocycles. The summed E-state index contributed by atoms with van der Waals surface area (Å²) in [5.74, 6) is -1.43. The van der Waals surface area contributed by atoms with Crippen molar-refractivity contribution in [1.29, 1.82) is 0 Å². The Balaban J connectivity index is 1.88. The van der Waals surface area contributed by atoms with Gasteiger partial charge in [0.1, 0.15) is 5.82 Å².